The van der Waals surface area contributed by atoms with E-state index < -0.39 is 12.3 Å². The van der Waals surface area contributed by atoms with Crippen molar-refractivity contribution < 1.29 is 22.7 Å². The third kappa shape index (κ3) is 3.93. The van der Waals surface area contributed by atoms with Crippen LogP contribution in [0.1, 0.15) is 10.4 Å². The van der Waals surface area contributed by atoms with Gasteiger partial charge < -0.3 is 4.74 Å². The van der Waals surface area contributed by atoms with E-state index in [1.54, 1.807) is 28.9 Å². The van der Waals surface area contributed by atoms with E-state index in [0.29, 0.717) is 15.8 Å². The largest absolute Gasteiger partial charge is 0.573 e. The Morgan fingerprint density at radius 1 is 1.14 bits per heavy atom. The maximum Gasteiger partial charge on any atom is 0.573 e. The fourth-order valence-corrected chi connectivity index (χ4v) is 3.32. The molecule has 0 unspecified atom stereocenters. The first-order chi connectivity index (χ1) is 13.4. The maximum atomic E-state index is 12.4. The fourth-order valence-electron chi connectivity index (χ4n) is 2.43. The highest BCUT2D eigenvalue weighted by atomic mass is 32.1. The molecule has 0 bridgehead atoms. The number of hydrogen-bond acceptors (Lipinski definition) is 6. The monoisotopic (exact) mass is 405 g/mol. The average molecular weight is 405 g/mol. The van der Waals surface area contributed by atoms with Gasteiger partial charge in [0.25, 0.3) is 5.91 Å². The molecule has 7 nitrogen and oxygen atoms in total. The van der Waals surface area contributed by atoms with E-state index in [1.165, 1.54) is 30.9 Å². The number of carbonyl (C=O) groups excluding carboxylic acids is 1. The molecule has 0 fully saturated rings. The number of nitrogens with zero attached hydrogens (tertiary/aromatic N) is 4. The van der Waals surface area contributed by atoms with Gasteiger partial charge in [-0.25, -0.2) is 14.6 Å². The summed E-state index contributed by atoms with van der Waals surface area (Å²) in [5, 5.41) is 6.91. The van der Waals surface area contributed by atoms with Crippen molar-refractivity contribution in [1.82, 2.24) is 19.7 Å². The van der Waals surface area contributed by atoms with Crippen LogP contribution in [-0.2, 0) is 0 Å². The number of hydrogen-bond donors (Lipinski definition) is 1. The Hall–Kier alpha value is -3.47. The summed E-state index contributed by atoms with van der Waals surface area (Å²) in [5.74, 6) is -0.735. The first-order valence-corrected chi connectivity index (χ1v) is 8.62. The SMILES string of the molecule is O=C(Nc1nc2ccc(OC(F)(F)F)cc2s1)c1ccc(-n2cncn2)cc1. The highest BCUT2D eigenvalue weighted by molar-refractivity contribution is 7.22. The molecule has 4 rings (SSSR count). The second-order valence-electron chi connectivity index (χ2n) is 5.54. The molecular weight excluding hydrogens is 395 g/mol. The minimum Gasteiger partial charge on any atom is -0.406 e. The Kier molecular flexibility index (Phi) is 4.43. The number of fused-ring (bicyclic) bond motifs is 1. The summed E-state index contributed by atoms with van der Waals surface area (Å²) in [6.45, 7) is 0. The van der Waals surface area contributed by atoms with Crippen molar-refractivity contribution in [2.24, 2.45) is 0 Å². The van der Waals surface area contributed by atoms with Gasteiger partial charge in [0.1, 0.15) is 18.4 Å². The van der Waals surface area contributed by atoms with Crippen LogP contribution in [0.25, 0.3) is 15.9 Å². The van der Waals surface area contributed by atoms with E-state index in [2.05, 4.69) is 25.1 Å². The number of rotatable bonds is 4. The Labute approximate surface area is 159 Å². The predicted octanol–water partition coefficient (Wildman–Crippen LogP) is 4.03. The molecule has 1 amide bonds. The van der Waals surface area contributed by atoms with Crippen molar-refractivity contribution in [1.29, 1.82) is 0 Å². The lowest BCUT2D eigenvalue weighted by Gasteiger charge is -2.07. The van der Waals surface area contributed by atoms with Gasteiger partial charge in [-0.1, -0.05) is 11.3 Å². The standard InChI is InChI=1S/C17H10F3N5O2S/c18-17(19,20)27-12-5-6-13-14(7-12)28-16(23-13)24-15(26)10-1-3-11(4-2-10)25-9-21-8-22-25/h1-9H,(H,23,24,26). The van der Waals surface area contributed by atoms with E-state index in [4.69, 9.17) is 0 Å². The minimum absolute atomic E-state index is 0.268. The van der Waals surface area contributed by atoms with Gasteiger partial charge in [-0.3, -0.25) is 10.1 Å². The van der Waals surface area contributed by atoms with Gasteiger partial charge in [0.2, 0.25) is 0 Å². The summed E-state index contributed by atoms with van der Waals surface area (Å²) in [4.78, 5) is 20.4. The molecule has 0 atom stereocenters. The van der Waals surface area contributed by atoms with E-state index >= 15 is 0 Å². The molecule has 2 heterocycles. The van der Waals surface area contributed by atoms with Gasteiger partial charge in [0.05, 0.1) is 15.9 Å². The van der Waals surface area contributed by atoms with Crippen molar-refractivity contribution in [3.8, 4) is 11.4 Å². The minimum atomic E-state index is -4.77. The van der Waals surface area contributed by atoms with Crippen molar-refractivity contribution in [3.63, 3.8) is 0 Å². The zero-order valence-corrected chi connectivity index (χ0v) is 14.7. The van der Waals surface area contributed by atoms with E-state index in [-0.39, 0.29) is 10.9 Å². The quantitative estimate of drug-likeness (QED) is 0.554. The number of anilines is 1. The average Bonchev–Trinajstić information content (AvgIpc) is 3.29. The van der Waals surface area contributed by atoms with E-state index in [9.17, 15) is 18.0 Å². The van der Waals surface area contributed by atoms with Crippen LogP contribution in [0, 0.1) is 0 Å². The normalized spacial score (nSPS) is 11.5. The molecule has 0 aliphatic heterocycles. The van der Waals surface area contributed by atoms with Gasteiger partial charge in [0.15, 0.2) is 5.13 Å². The molecule has 2 aromatic carbocycles. The third-order valence-corrected chi connectivity index (χ3v) is 4.56. The van der Waals surface area contributed by atoms with Gasteiger partial charge >= 0.3 is 6.36 Å². The van der Waals surface area contributed by atoms with Crippen molar-refractivity contribution in [2.45, 2.75) is 6.36 Å². The molecule has 2 aromatic heterocycles. The number of alkyl halides is 3. The molecule has 1 N–H and O–H groups in total. The third-order valence-electron chi connectivity index (χ3n) is 3.63. The van der Waals surface area contributed by atoms with Crippen LogP contribution >= 0.6 is 11.3 Å². The van der Waals surface area contributed by atoms with E-state index in [1.807, 2.05) is 0 Å². The molecular formula is C17H10F3N5O2S. The Morgan fingerprint density at radius 3 is 2.61 bits per heavy atom. The van der Waals surface area contributed by atoms with E-state index in [0.717, 1.165) is 17.0 Å². The molecule has 0 saturated carbocycles. The Bertz CT molecular complexity index is 1120. The predicted molar refractivity (Wildman–Crippen MR) is 95.6 cm³/mol. The maximum absolute atomic E-state index is 12.4. The van der Waals surface area contributed by atoms with Crippen LogP contribution < -0.4 is 10.1 Å². The molecule has 28 heavy (non-hydrogen) atoms. The second kappa shape index (κ2) is 6.93. The van der Waals surface area contributed by atoms with Crippen LogP contribution in [0.5, 0.6) is 5.75 Å². The summed E-state index contributed by atoms with van der Waals surface area (Å²) in [6, 6.07) is 10.5. The molecule has 0 saturated heterocycles. The number of thiazole rings is 1. The Morgan fingerprint density at radius 2 is 1.93 bits per heavy atom. The first kappa shape index (κ1) is 17.9. The number of halogens is 3. The van der Waals surface area contributed by atoms with Crippen LogP contribution in [0.15, 0.2) is 55.1 Å². The lowest BCUT2D eigenvalue weighted by Crippen LogP contribution is -2.16. The van der Waals surface area contributed by atoms with Crippen LogP contribution in [0.2, 0.25) is 0 Å². The first-order valence-electron chi connectivity index (χ1n) is 7.80. The summed E-state index contributed by atoms with van der Waals surface area (Å²) in [6.07, 6.45) is -1.83. The van der Waals surface area contributed by atoms with Crippen LogP contribution in [0.3, 0.4) is 0 Å². The number of carbonyl (C=O) groups is 1. The molecule has 142 valence electrons. The highest BCUT2D eigenvalue weighted by Gasteiger charge is 2.31. The lowest BCUT2D eigenvalue weighted by atomic mass is 10.2. The van der Waals surface area contributed by atoms with Crippen molar-refractivity contribution in [3.05, 3.63) is 60.7 Å². The molecule has 0 radical (unpaired) electrons. The van der Waals surface area contributed by atoms with Crippen LogP contribution in [0.4, 0.5) is 18.3 Å². The second-order valence-corrected chi connectivity index (χ2v) is 6.57. The molecule has 11 heteroatoms. The van der Waals surface area contributed by atoms with Crippen molar-refractivity contribution >= 4 is 32.6 Å². The number of ether oxygens (including phenoxy) is 1. The summed E-state index contributed by atoms with van der Waals surface area (Å²) >= 11 is 1.05. The highest BCUT2D eigenvalue weighted by Crippen LogP contribution is 2.31. The Balaban J connectivity index is 1.50. The molecule has 0 aliphatic rings. The van der Waals surface area contributed by atoms with Crippen LogP contribution in [-0.4, -0.2) is 32.0 Å². The van der Waals surface area contributed by atoms with Gasteiger partial charge in [-0.15, -0.1) is 13.2 Å². The summed E-state index contributed by atoms with van der Waals surface area (Å²) in [5.41, 5.74) is 1.59. The zero-order chi connectivity index (χ0) is 19.7. The van der Waals surface area contributed by atoms with Gasteiger partial charge in [-0.05, 0) is 36.4 Å². The van der Waals surface area contributed by atoms with Gasteiger partial charge in [0, 0.05) is 11.6 Å². The molecule has 0 aliphatic carbocycles. The molecule has 4 aromatic rings. The number of aromatic nitrogens is 4. The van der Waals surface area contributed by atoms with Crippen molar-refractivity contribution in [2.75, 3.05) is 5.32 Å². The number of benzene rings is 2. The topological polar surface area (TPSA) is 81.9 Å². The smallest absolute Gasteiger partial charge is 0.406 e. The zero-order valence-electron chi connectivity index (χ0n) is 13.8. The lowest BCUT2D eigenvalue weighted by molar-refractivity contribution is -0.274. The molecule has 0 spiro atoms. The number of nitrogens with one attached hydrogen (secondary N) is 1. The fraction of sp³-hybridized carbons (Fsp3) is 0.0588. The van der Waals surface area contributed by atoms with Gasteiger partial charge in [-0.2, -0.15) is 5.10 Å². The number of amides is 1. The summed E-state index contributed by atoms with van der Waals surface area (Å²) in [7, 11) is 0. The summed E-state index contributed by atoms with van der Waals surface area (Å²) < 4.78 is 42.9.